The Morgan fingerprint density at radius 1 is 1.16 bits per heavy atom. The zero-order valence-electron chi connectivity index (χ0n) is 15.8. The molecule has 1 saturated heterocycles. The summed E-state index contributed by atoms with van der Waals surface area (Å²) in [6, 6.07) is 7.51. The van der Waals surface area contributed by atoms with Crippen LogP contribution in [0.1, 0.15) is 33.3 Å². The highest BCUT2D eigenvalue weighted by Gasteiger charge is 2.25. The van der Waals surface area contributed by atoms with Gasteiger partial charge in [-0.2, -0.15) is 0 Å². The van der Waals surface area contributed by atoms with Crippen molar-refractivity contribution in [2.24, 2.45) is 0 Å². The van der Waals surface area contributed by atoms with Crippen molar-refractivity contribution in [1.29, 1.82) is 0 Å². The van der Waals surface area contributed by atoms with Crippen LogP contribution in [0, 0.1) is 0 Å². The third kappa shape index (κ3) is 6.65. The van der Waals surface area contributed by atoms with E-state index >= 15 is 0 Å². The number of hydrogen-bond acceptors (Lipinski definition) is 4. The minimum atomic E-state index is -0.981. The Balaban J connectivity index is 1.79. The van der Waals surface area contributed by atoms with Gasteiger partial charge in [-0.05, 0) is 30.0 Å². The van der Waals surface area contributed by atoms with Crippen molar-refractivity contribution < 1.29 is 14.6 Å². The maximum atomic E-state index is 12.1. The molecule has 25 heavy (non-hydrogen) atoms. The highest BCUT2D eigenvalue weighted by molar-refractivity contribution is 5.89. The molecule has 0 aliphatic carbocycles. The predicted octanol–water partition coefficient (Wildman–Crippen LogP) is 2.19. The molecule has 0 aromatic heterocycles. The second-order valence-electron chi connectivity index (χ2n) is 8.02. The number of benzene rings is 1. The van der Waals surface area contributed by atoms with E-state index in [0.29, 0.717) is 19.8 Å². The molecule has 1 heterocycles. The summed E-state index contributed by atoms with van der Waals surface area (Å²) < 4.78 is 5.31. The van der Waals surface area contributed by atoms with Gasteiger partial charge in [0.1, 0.15) is 0 Å². The lowest BCUT2D eigenvalue weighted by Gasteiger charge is -2.33. The number of nitrogens with zero attached hydrogens (tertiary/aromatic N) is 1. The molecule has 6 nitrogen and oxygen atoms in total. The Hall–Kier alpha value is -1.63. The van der Waals surface area contributed by atoms with Gasteiger partial charge in [-0.25, -0.2) is 4.79 Å². The number of ether oxygens (including phenoxy) is 1. The molecule has 3 N–H and O–H groups in total. The van der Waals surface area contributed by atoms with Gasteiger partial charge in [0.05, 0.1) is 18.8 Å². The molecule has 2 rings (SSSR count). The van der Waals surface area contributed by atoms with E-state index in [4.69, 9.17) is 4.74 Å². The molecule has 1 fully saturated rings. The minimum Gasteiger partial charge on any atom is -0.387 e. The molecule has 1 aliphatic heterocycles. The van der Waals surface area contributed by atoms with E-state index in [2.05, 4.69) is 36.3 Å². The van der Waals surface area contributed by atoms with E-state index in [-0.39, 0.29) is 18.0 Å². The summed E-state index contributed by atoms with van der Waals surface area (Å²) in [6.07, 6.45) is 0. The first-order valence-electron chi connectivity index (χ1n) is 8.84. The topological polar surface area (TPSA) is 73.8 Å². The second kappa shape index (κ2) is 8.17. The van der Waals surface area contributed by atoms with Crippen LogP contribution < -0.4 is 10.6 Å². The molecule has 0 saturated carbocycles. The van der Waals surface area contributed by atoms with E-state index < -0.39 is 5.60 Å². The molecule has 2 amide bonds. The van der Waals surface area contributed by atoms with Crippen LogP contribution in [0.2, 0.25) is 0 Å². The summed E-state index contributed by atoms with van der Waals surface area (Å²) in [4.78, 5) is 14.2. The van der Waals surface area contributed by atoms with Gasteiger partial charge in [0.15, 0.2) is 0 Å². The number of morpholine rings is 1. The molecule has 1 aromatic carbocycles. The first-order valence-corrected chi connectivity index (χ1v) is 8.84. The third-order valence-corrected chi connectivity index (χ3v) is 4.31. The number of rotatable bonds is 5. The number of carbonyl (C=O) groups excluding carboxylic acids is 1. The molecule has 0 spiro atoms. The summed E-state index contributed by atoms with van der Waals surface area (Å²) in [5.41, 5.74) is 1.05. The van der Waals surface area contributed by atoms with Crippen molar-refractivity contribution in [3.8, 4) is 0 Å². The van der Waals surface area contributed by atoms with Gasteiger partial charge in [0.25, 0.3) is 0 Å². The van der Waals surface area contributed by atoms with Crippen molar-refractivity contribution in [3.63, 3.8) is 0 Å². The third-order valence-electron chi connectivity index (χ3n) is 4.31. The molecule has 0 bridgehead atoms. The molecular formula is C19H31N3O3. The summed E-state index contributed by atoms with van der Waals surface area (Å²) in [6.45, 7) is 11.9. The van der Waals surface area contributed by atoms with E-state index in [9.17, 15) is 9.90 Å². The van der Waals surface area contributed by atoms with E-state index in [1.807, 2.05) is 24.3 Å². The summed E-state index contributed by atoms with van der Waals surface area (Å²) >= 11 is 0. The lowest BCUT2D eigenvalue weighted by molar-refractivity contribution is -0.0205. The maximum absolute atomic E-state index is 12.1. The van der Waals surface area contributed by atoms with E-state index in [0.717, 1.165) is 18.8 Å². The number of aliphatic hydroxyl groups is 1. The summed E-state index contributed by atoms with van der Waals surface area (Å²) in [5.74, 6) is 0. The molecule has 1 aliphatic rings. The summed E-state index contributed by atoms with van der Waals surface area (Å²) in [5, 5.41) is 16.0. The Morgan fingerprint density at radius 2 is 1.76 bits per heavy atom. The predicted molar refractivity (Wildman–Crippen MR) is 100 cm³/mol. The number of anilines is 1. The standard InChI is InChI=1S/C19H31N3O3/c1-18(2,3)15-5-7-16(8-6-15)21-17(23)20-13-19(4,24)14-22-9-11-25-12-10-22/h5-8,24H,9-14H2,1-4H3,(H2,20,21,23)/t19-/m1/s1. The van der Waals surface area contributed by atoms with Gasteiger partial charge in [-0.1, -0.05) is 32.9 Å². The monoisotopic (exact) mass is 349 g/mol. The van der Waals surface area contributed by atoms with Crippen LogP contribution in [0.25, 0.3) is 0 Å². The number of hydrogen-bond donors (Lipinski definition) is 3. The lowest BCUT2D eigenvalue weighted by atomic mass is 9.87. The van der Waals surface area contributed by atoms with Crippen LogP contribution in [-0.4, -0.2) is 61.0 Å². The lowest BCUT2D eigenvalue weighted by Crippen LogP contribution is -2.51. The molecule has 1 atom stereocenters. The highest BCUT2D eigenvalue weighted by atomic mass is 16.5. The zero-order chi connectivity index (χ0) is 18.5. The molecule has 140 valence electrons. The van der Waals surface area contributed by atoms with Crippen LogP contribution in [0.5, 0.6) is 0 Å². The smallest absolute Gasteiger partial charge is 0.319 e. The molecule has 1 aromatic rings. The molecule has 6 heteroatoms. The number of nitrogens with one attached hydrogen (secondary N) is 2. The Labute approximate surface area is 150 Å². The van der Waals surface area contributed by atoms with Crippen molar-refractivity contribution in [2.75, 3.05) is 44.7 Å². The Bertz CT molecular complexity index is 558. The largest absolute Gasteiger partial charge is 0.387 e. The van der Waals surface area contributed by atoms with Gasteiger partial charge in [-0.3, -0.25) is 4.90 Å². The quantitative estimate of drug-likeness (QED) is 0.762. The number of amides is 2. The van der Waals surface area contributed by atoms with Crippen molar-refractivity contribution in [1.82, 2.24) is 10.2 Å². The van der Waals surface area contributed by atoms with Gasteiger partial charge in [-0.15, -0.1) is 0 Å². The van der Waals surface area contributed by atoms with Crippen LogP contribution in [0.4, 0.5) is 10.5 Å². The average Bonchev–Trinajstić information content (AvgIpc) is 2.53. The van der Waals surface area contributed by atoms with Gasteiger partial charge in [0.2, 0.25) is 0 Å². The van der Waals surface area contributed by atoms with Crippen LogP contribution in [0.3, 0.4) is 0 Å². The molecule has 0 unspecified atom stereocenters. The highest BCUT2D eigenvalue weighted by Crippen LogP contribution is 2.23. The average molecular weight is 349 g/mol. The number of β-amino-alcohol motifs (C(OH)–C–C–N with tert-alkyl or cyclic N) is 1. The van der Waals surface area contributed by atoms with E-state index in [1.165, 1.54) is 5.56 Å². The van der Waals surface area contributed by atoms with E-state index in [1.54, 1.807) is 6.92 Å². The Kier molecular flexibility index (Phi) is 6.43. The maximum Gasteiger partial charge on any atom is 0.319 e. The van der Waals surface area contributed by atoms with Crippen LogP contribution in [-0.2, 0) is 10.2 Å². The second-order valence-corrected chi connectivity index (χ2v) is 8.02. The van der Waals surface area contributed by atoms with Crippen LogP contribution >= 0.6 is 0 Å². The number of urea groups is 1. The normalized spacial score (nSPS) is 18.4. The first-order chi connectivity index (χ1) is 11.7. The van der Waals surface area contributed by atoms with Crippen molar-refractivity contribution in [2.45, 2.75) is 38.7 Å². The zero-order valence-corrected chi connectivity index (χ0v) is 15.8. The fraction of sp³-hybridized carbons (Fsp3) is 0.632. The van der Waals surface area contributed by atoms with Crippen molar-refractivity contribution >= 4 is 11.7 Å². The van der Waals surface area contributed by atoms with Gasteiger partial charge >= 0.3 is 6.03 Å². The molecule has 0 radical (unpaired) electrons. The van der Waals surface area contributed by atoms with Crippen LogP contribution in [0.15, 0.2) is 24.3 Å². The number of carbonyl (C=O) groups is 1. The summed E-state index contributed by atoms with van der Waals surface area (Å²) in [7, 11) is 0. The Morgan fingerprint density at radius 3 is 2.32 bits per heavy atom. The minimum absolute atomic E-state index is 0.0823. The first kappa shape index (κ1) is 19.7. The molecular weight excluding hydrogens is 318 g/mol. The SMILES string of the molecule is CC(C)(C)c1ccc(NC(=O)NC[C@@](C)(O)CN2CCOCC2)cc1. The van der Waals surface area contributed by atoms with Gasteiger partial charge in [0, 0.05) is 31.9 Å². The fourth-order valence-electron chi connectivity index (χ4n) is 2.80. The fourth-order valence-corrected chi connectivity index (χ4v) is 2.80. The van der Waals surface area contributed by atoms with Gasteiger partial charge < -0.3 is 20.5 Å². The van der Waals surface area contributed by atoms with Crippen molar-refractivity contribution in [3.05, 3.63) is 29.8 Å².